The van der Waals surface area contributed by atoms with Crippen molar-refractivity contribution < 1.29 is 19.4 Å². The lowest BCUT2D eigenvalue weighted by molar-refractivity contribution is -0.142. The predicted molar refractivity (Wildman–Crippen MR) is 84.8 cm³/mol. The number of hydrogen-bond acceptors (Lipinski definition) is 4. The van der Waals surface area contributed by atoms with Gasteiger partial charge in [-0.15, -0.1) is 0 Å². The number of nitriles is 1. The first kappa shape index (κ1) is 18.5. The first-order chi connectivity index (χ1) is 10.8. The highest BCUT2D eigenvalue weighted by atomic mass is 16.5. The van der Waals surface area contributed by atoms with Gasteiger partial charge in [-0.1, -0.05) is 26.0 Å². The zero-order chi connectivity index (χ0) is 17.4. The van der Waals surface area contributed by atoms with E-state index in [-0.39, 0.29) is 12.5 Å². The minimum Gasteiger partial charge on any atom is -0.481 e. The lowest BCUT2D eigenvalue weighted by Crippen LogP contribution is -2.40. The maximum atomic E-state index is 12.0. The van der Waals surface area contributed by atoms with Crippen LogP contribution < -0.4 is 10.1 Å². The van der Waals surface area contributed by atoms with E-state index in [0.717, 1.165) is 0 Å². The third-order valence-corrected chi connectivity index (χ3v) is 3.31. The molecule has 0 bridgehead atoms. The quantitative estimate of drug-likeness (QED) is 0.765. The minimum atomic E-state index is -0.928. The summed E-state index contributed by atoms with van der Waals surface area (Å²) >= 11 is 0. The summed E-state index contributed by atoms with van der Waals surface area (Å²) in [7, 11) is 0. The van der Waals surface area contributed by atoms with Crippen molar-refractivity contribution in [2.75, 3.05) is 6.54 Å². The van der Waals surface area contributed by atoms with Gasteiger partial charge in [-0.2, -0.15) is 5.26 Å². The normalized spacial score (nSPS) is 13.0. The molecule has 0 spiro atoms. The van der Waals surface area contributed by atoms with Gasteiger partial charge in [0.25, 0.3) is 5.91 Å². The summed E-state index contributed by atoms with van der Waals surface area (Å²) in [4.78, 5) is 23.2. The molecule has 2 unspecified atom stereocenters. The summed E-state index contributed by atoms with van der Waals surface area (Å²) < 4.78 is 5.49. The second-order valence-electron chi connectivity index (χ2n) is 5.78. The number of carbonyl (C=O) groups is 2. The highest BCUT2D eigenvalue weighted by Gasteiger charge is 2.22. The Bertz CT molecular complexity index is 593. The molecule has 0 aliphatic heterocycles. The SMILES string of the molecule is CC(C)CC(CNC(=O)C(C)Oc1ccccc1C#N)C(=O)O. The third-order valence-electron chi connectivity index (χ3n) is 3.31. The summed E-state index contributed by atoms with van der Waals surface area (Å²) in [5, 5.41) is 20.8. The minimum absolute atomic E-state index is 0.0555. The van der Waals surface area contributed by atoms with E-state index in [2.05, 4.69) is 5.32 Å². The smallest absolute Gasteiger partial charge is 0.308 e. The maximum absolute atomic E-state index is 12.0. The van der Waals surface area contributed by atoms with Crippen LogP contribution in [0.15, 0.2) is 24.3 Å². The standard InChI is InChI=1S/C17H22N2O4/c1-11(2)8-14(17(21)22)10-19-16(20)12(3)23-15-7-5-4-6-13(15)9-18/h4-7,11-12,14H,8,10H2,1-3H3,(H,19,20)(H,21,22). The average molecular weight is 318 g/mol. The number of rotatable bonds is 8. The van der Waals surface area contributed by atoms with Crippen molar-refractivity contribution in [2.45, 2.75) is 33.3 Å². The number of benzene rings is 1. The van der Waals surface area contributed by atoms with Gasteiger partial charge in [-0.05, 0) is 31.4 Å². The van der Waals surface area contributed by atoms with Crippen LogP contribution in [0.25, 0.3) is 0 Å². The highest BCUT2D eigenvalue weighted by molar-refractivity contribution is 5.81. The van der Waals surface area contributed by atoms with E-state index in [0.29, 0.717) is 17.7 Å². The van der Waals surface area contributed by atoms with Crippen molar-refractivity contribution in [3.05, 3.63) is 29.8 Å². The second kappa shape index (κ2) is 8.79. The molecule has 1 aromatic carbocycles. The van der Waals surface area contributed by atoms with Crippen LogP contribution >= 0.6 is 0 Å². The van der Waals surface area contributed by atoms with Crippen LogP contribution in [-0.2, 0) is 9.59 Å². The Kier molecular flexibility index (Phi) is 7.07. The number of aliphatic carboxylic acids is 1. The lowest BCUT2D eigenvalue weighted by atomic mass is 9.97. The van der Waals surface area contributed by atoms with E-state index >= 15 is 0 Å². The largest absolute Gasteiger partial charge is 0.481 e. The van der Waals surface area contributed by atoms with Crippen LogP contribution in [0.4, 0.5) is 0 Å². The Labute approximate surface area is 136 Å². The summed E-state index contributed by atoms with van der Waals surface area (Å²) in [6.45, 7) is 5.48. The van der Waals surface area contributed by atoms with Crippen molar-refractivity contribution in [3.63, 3.8) is 0 Å². The number of ether oxygens (including phenoxy) is 1. The van der Waals surface area contributed by atoms with Crippen LogP contribution in [0.2, 0.25) is 0 Å². The number of hydrogen-bond donors (Lipinski definition) is 2. The predicted octanol–water partition coefficient (Wildman–Crippen LogP) is 2.19. The van der Waals surface area contributed by atoms with Gasteiger partial charge in [-0.25, -0.2) is 0 Å². The molecule has 0 radical (unpaired) electrons. The zero-order valence-corrected chi connectivity index (χ0v) is 13.6. The number of carboxylic acids is 1. The molecule has 0 fully saturated rings. The third kappa shape index (κ3) is 5.99. The molecule has 0 aliphatic rings. The van der Waals surface area contributed by atoms with Crippen LogP contribution in [0.1, 0.15) is 32.8 Å². The number of nitrogens with one attached hydrogen (secondary N) is 1. The topological polar surface area (TPSA) is 99.4 Å². The Morgan fingerprint density at radius 1 is 1.30 bits per heavy atom. The zero-order valence-electron chi connectivity index (χ0n) is 13.6. The van der Waals surface area contributed by atoms with Crippen LogP contribution in [0.3, 0.4) is 0 Å². The van der Waals surface area contributed by atoms with Crippen molar-refractivity contribution in [3.8, 4) is 11.8 Å². The van der Waals surface area contributed by atoms with Gasteiger partial charge < -0.3 is 15.2 Å². The summed E-state index contributed by atoms with van der Waals surface area (Å²) in [5.41, 5.74) is 0.343. The molecular weight excluding hydrogens is 296 g/mol. The molecule has 0 heterocycles. The number of nitrogens with zero attached hydrogens (tertiary/aromatic N) is 1. The van der Waals surface area contributed by atoms with Crippen molar-refractivity contribution in [2.24, 2.45) is 11.8 Å². The molecular formula is C17H22N2O4. The average Bonchev–Trinajstić information content (AvgIpc) is 2.50. The van der Waals surface area contributed by atoms with Crippen molar-refractivity contribution >= 4 is 11.9 Å². The molecule has 23 heavy (non-hydrogen) atoms. The van der Waals surface area contributed by atoms with E-state index in [4.69, 9.17) is 15.1 Å². The Morgan fingerprint density at radius 3 is 2.52 bits per heavy atom. The van der Waals surface area contributed by atoms with Gasteiger partial charge >= 0.3 is 5.97 Å². The van der Waals surface area contributed by atoms with E-state index in [9.17, 15) is 9.59 Å². The fourth-order valence-corrected chi connectivity index (χ4v) is 2.11. The molecule has 0 aliphatic carbocycles. The molecule has 6 heteroatoms. The molecule has 1 rings (SSSR count). The van der Waals surface area contributed by atoms with Crippen LogP contribution in [0, 0.1) is 23.2 Å². The van der Waals surface area contributed by atoms with Gasteiger partial charge in [0.1, 0.15) is 11.8 Å². The van der Waals surface area contributed by atoms with Crippen LogP contribution in [0.5, 0.6) is 5.75 Å². The van der Waals surface area contributed by atoms with E-state index in [1.54, 1.807) is 31.2 Å². The Balaban J connectivity index is 2.60. The van der Waals surface area contributed by atoms with Gasteiger partial charge in [-0.3, -0.25) is 9.59 Å². The number of para-hydroxylation sites is 1. The Hall–Kier alpha value is -2.55. The van der Waals surface area contributed by atoms with Gasteiger partial charge in [0.05, 0.1) is 11.5 Å². The second-order valence-corrected chi connectivity index (χ2v) is 5.78. The highest BCUT2D eigenvalue weighted by Crippen LogP contribution is 2.18. The summed E-state index contributed by atoms with van der Waals surface area (Å²) in [5.74, 6) is -1.41. The summed E-state index contributed by atoms with van der Waals surface area (Å²) in [6.07, 6.45) is -0.333. The van der Waals surface area contributed by atoms with Crippen molar-refractivity contribution in [1.29, 1.82) is 5.26 Å². The fraction of sp³-hybridized carbons (Fsp3) is 0.471. The molecule has 0 saturated heterocycles. The fourth-order valence-electron chi connectivity index (χ4n) is 2.11. The van der Waals surface area contributed by atoms with E-state index in [1.807, 2.05) is 19.9 Å². The van der Waals surface area contributed by atoms with Gasteiger partial charge in [0.2, 0.25) is 0 Å². The molecule has 2 atom stereocenters. The monoisotopic (exact) mass is 318 g/mol. The van der Waals surface area contributed by atoms with Gasteiger partial charge in [0, 0.05) is 6.54 Å². The number of amides is 1. The molecule has 0 saturated carbocycles. The van der Waals surface area contributed by atoms with E-state index in [1.165, 1.54) is 0 Å². The number of carbonyl (C=O) groups excluding carboxylic acids is 1. The molecule has 1 amide bonds. The first-order valence-electron chi connectivity index (χ1n) is 7.51. The molecule has 2 N–H and O–H groups in total. The first-order valence-corrected chi connectivity index (χ1v) is 7.51. The van der Waals surface area contributed by atoms with Gasteiger partial charge in [0.15, 0.2) is 6.10 Å². The Morgan fingerprint density at radius 2 is 1.96 bits per heavy atom. The van der Waals surface area contributed by atoms with Crippen LogP contribution in [-0.4, -0.2) is 29.6 Å². The molecule has 0 aromatic heterocycles. The van der Waals surface area contributed by atoms with E-state index < -0.39 is 23.9 Å². The lowest BCUT2D eigenvalue weighted by Gasteiger charge is -2.18. The van der Waals surface area contributed by atoms with Crippen molar-refractivity contribution in [1.82, 2.24) is 5.32 Å². The molecule has 6 nitrogen and oxygen atoms in total. The molecule has 1 aromatic rings. The summed E-state index contributed by atoms with van der Waals surface area (Å²) in [6, 6.07) is 8.62. The maximum Gasteiger partial charge on any atom is 0.308 e. The number of carboxylic acid groups (broad SMARTS) is 1. The molecule has 124 valence electrons.